The van der Waals surface area contributed by atoms with E-state index in [9.17, 15) is 24.3 Å². The van der Waals surface area contributed by atoms with Crippen molar-refractivity contribution in [3.8, 4) is 6.07 Å². The largest absolute Gasteiger partial charge is 0.458 e. The second-order valence-electron chi connectivity index (χ2n) is 8.13. The summed E-state index contributed by atoms with van der Waals surface area (Å²) in [5.41, 5.74) is 5.18. The number of anilines is 1. The molecule has 0 unspecified atom stereocenters. The van der Waals surface area contributed by atoms with Gasteiger partial charge in [-0.1, -0.05) is 0 Å². The first-order valence-electron chi connectivity index (χ1n) is 9.43. The molecule has 174 valence electrons. The molecule has 0 amide bonds. The molecule has 1 fully saturated rings. The summed E-state index contributed by atoms with van der Waals surface area (Å²) in [5.74, 6) is -3.55. The van der Waals surface area contributed by atoms with Gasteiger partial charge in [0.05, 0.1) is 19.0 Å². The number of nitriles is 1. The van der Waals surface area contributed by atoms with Crippen LogP contribution in [0.3, 0.4) is 0 Å². The third kappa shape index (κ3) is 5.21. The van der Waals surface area contributed by atoms with Crippen LogP contribution >= 0.6 is 7.60 Å². The van der Waals surface area contributed by atoms with Gasteiger partial charge in [0.15, 0.2) is 17.7 Å². The van der Waals surface area contributed by atoms with Crippen LogP contribution in [0.5, 0.6) is 0 Å². The summed E-state index contributed by atoms with van der Waals surface area (Å²) in [6, 6.07) is 1.78. The van der Waals surface area contributed by atoms with Crippen LogP contribution in [0.25, 0.3) is 11.2 Å². The number of carbonyl (C=O) groups is 1. The van der Waals surface area contributed by atoms with Crippen molar-refractivity contribution >= 4 is 30.5 Å². The predicted molar refractivity (Wildman–Crippen MR) is 107 cm³/mol. The fourth-order valence-corrected chi connectivity index (χ4v) is 3.72. The Balaban J connectivity index is 1.75. The molecule has 5 N–H and O–H groups in total. The number of hydrogen-bond acceptors (Lipinski definition) is 11. The Morgan fingerprint density at radius 2 is 2.16 bits per heavy atom. The van der Waals surface area contributed by atoms with Crippen molar-refractivity contribution in [1.29, 1.82) is 5.26 Å². The number of hydrogen-bond donors (Lipinski definition) is 4. The van der Waals surface area contributed by atoms with E-state index in [1.165, 1.54) is 10.9 Å². The molecule has 0 bridgehead atoms. The summed E-state index contributed by atoms with van der Waals surface area (Å²) in [7, 11) is -4.99. The molecule has 1 saturated heterocycles. The Hall–Kier alpha value is -2.66. The summed E-state index contributed by atoms with van der Waals surface area (Å²) in [6.45, 7) is 4.24. The van der Waals surface area contributed by atoms with Gasteiger partial charge in [0, 0.05) is 6.42 Å². The van der Waals surface area contributed by atoms with E-state index in [0.717, 1.165) is 0 Å². The summed E-state index contributed by atoms with van der Waals surface area (Å²) in [4.78, 5) is 43.1. The summed E-state index contributed by atoms with van der Waals surface area (Å²) in [5, 5.41) is 19.5. The zero-order chi connectivity index (χ0) is 23.8. The SMILES string of the molecule is CC(C)(C)OC(=O)[C@@H](OC[C@@H]1C[C@@H](O)[C@H](n2cnc3c(N)nc(C#N)nc32)O1)P(=O)(O)O. The van der Waals surface area contributed by atoms with E-state index in [0.29, 0.717) is 0 Å². The van der Waals surface area contributed by atoms with Crippen LogP contribution in [-0.4, -0.2) is 70.6 Å². The molecular formula is C17H23N6O8P. The normalized spacial score (nSPS) is 22.6. The van der Waals surface area contributed by atoms with Gasteiger partial charge in [0.2, 0.25) is 5.82 Å². The van der Waals surface area contributed by atoms with Crippen molar-refractivity contribution in [2.45, 2.75) is 57.1 Å². The van der Waals surface area contributed by atoms with Gasteiger partial charge in [0.25, 0.3) is 5.85 Å². The second-order valence-corrected chi connectivity index (χ2v) is 9.78. The smallest absolute Gasteiger partial charge is 0.365 e. The van der Waals surface area contributed by atoms with E-state index in [4.69, 9.17) is 25.2 Å². The molecule has 0 aromatic carbocycles. The third-order valence-corrected chi connectivity index (χ3v) is 5.31. The number of aromatic nitrogens is 4. The molecule has 0 radical (unpaired) electrons. The van der Waals surface area contributed by atoms with Crippen molar-refractivity contribution in [2.75, 3.05) is 12.3 Å². The highest BCUT2D eigenvalue weighted by Crippen LogP contribution is 2.43. The predicted octanol–water partition coefficient (Wildman–Crippen LogP) is -0.209. The number of esters is 1. The molecule has 14 nitrogen and oxygen atoms in total. The number of rotatable bonds is 6. The summed E-state index contributed by atoms with van der Waals surface area (Å²) < 4.78 is 29.0. The van der Waals surface area contributed by atoms with Crippen molar-refractivity contribution in [2.24, 2.45) is 0 Å². The van der Waals surface area contributed by atoms with Gasteiger partial charge in [-0.05, 0) is 20.8 Å². The molecular weight excluding hydrogens is 447 g/mol. The maximum atomic E-state index is 12.2. The van der Waals surface area contributed by atoms with Crippen LogP contribution in [-0.2, 0) is 23.6 Å². The van der Waals surface area contributed by atoms with Gasteiger partial charge in [-0.15, -0.1) is 0 Å². The number of ether oxygens (including phenoxy) is 3. The first-order chi connectivity index (χ1) is 14.8. The molecule has 0 aliphatic carbocycles. The van der Waals surface area contributed by atoms with E-state index in [1.807, 2.05) is 0 Å². The highest BCUT2D eigenvalue weighted by atomic mass is 31.2. The first kappa shape index (κ1) is 24.0. The van der Waals surface area contributed by atoms with Gasteiger partial charge in [-0.3, -0.25) is 9.13 Å². The van der Waals surface area contributed by atoms with Crippen LogP contribution in [0.4, 0.5) is 5.82 Å². The zero-order valence-electron chi connectivity index (χ0n) is 17.4. The monoisotopic (exact) mass is 470 g/mol. The number of carbonyl (C=O) groups excluding carboxylic acids is 1. The lowest BCUT2D eigenvalue weighted by Crippen LogP contribution is -2.35. The van der Waals surface area contributed by atoms with E-state index in [2.05, 4.69) is 15.0 Å². The van der Waals surface area contributed by atoms with Gasteiger partial charge in [-0.25, -0.2) is 9.78 Å². The van der Waals surface area contributed by atoms with Crippen molar-refractivity contribution < 1.29 is 38.5 Å². The van der Waals surface area contributed by atoms with Crippen LogP contribution < -0.4 is 5.73 Å². The minimum atomic E-state index is -4.99. The minimum Gasteiger partial charge on any atom is -0.458 e. The molecule has 3 rings (SSSR count). The molecule has 3 heterocycles. The molecule has 0 saturated carbocycles. The molecule has 1 aliphatic rings. The summed E-state index contributed by atoms with van der Waals surface area (Å²) in [6.07, 6.45) is -1.55. The third-order valence-electron chi connectivity index (χ3n) is 4.34. The average molecular weight is 470 g/mol. The number of aliphatic hydroxyl groups is 1. The molecule has 2 aromatic heterocycles. The zero-order valence-corrected chi connectivity index (χ0v) is 18.3. The molecule has 32 heavy (non-hydrogen) atoms. The first-order valence-corrected chi connectivity index (χ1v) is 11.1. The lowest BCUT2D eigenvalue weighted by Gasteiger charge is -2.25. The van der Waals surface area contributed by atoms with Crippen molar-refractivity contribution in [3.63, 3.8) is 0 Å². The van der Waals surface area contributed by atoms with Gasteiger partial charge < -0.3 is 34.8 Å². The van der Waals surface area contributed by atoms with E-state index in [1.54, 1.807) is 26.8 Å². The van der Waals surface area contributed by atoms with Crippen LogP contribution in [0.15, 0.2) is 6.33 Å². The van der Waals surface area contributed by atoms with E-state index in [-0.39, 0.29) is 29.2 Å². The molecule has 15 heteroatoms. The lowest BCUT2D eigenvalue weighted by atomic mass is 10.2. The highest BCUT2D eigenvalue weighted by Gasteiger charge is 2.43. The maximum absolute atomic E-state index is 12.2. The lowest BCUT2D eigenvalue weighted by molar-refractivity contribution is -0.166. The maximum Gasteiger partial charge on any atom is 0.365 e. The van der Waals surface area contributed by atoms with Gasteiger partial charge in [0.1, 0.15) is 23.3 Å². The topological polar surface area (TPSA) is 216 Å². The fourth-order valence-electron chi connectivity index (χ4n) is 3.12. The molecule has 1 aliphatic heterocycles. The Kier molecular flexibility index (Phi) is 6.52. The van der Waals surface area contributed by atoms with E-state index >= 15 is 0 Å². The number of imidazole rings is 1. The Morgan fingerprint density at radius 3 is 2.75 bits per heavy atom. The van der Waals surface area contributed by atoms with Crippen LogP contribution in [0.1, 0.15) is 39.2 Å². The number of nitrogen functional groups attached to an aromatic ring is 1. The number of aliphatic hydroxyl groups excluding tert-OH is 1. The Morgan fingerprint density at radius 1 is 1.47 bits per heavy atom. The summed E-state index contributed by atoms with van der Waals surface area (Å²) >= 11 is 0. The van der Waals surface area contributed by atoms with Crippen LogP contribution in [0, 0.1) is 11.3 Å². The number of nitrogens with two attached hydrogens (primary N) is 1. The number of nitrogens with zero attached hydrogens (tertiary/aromatic N) is 5. The quantitative estimate of drug-likeness (QED) is 0.318. The Labute approximate surface area is 182 Å². The minimum absolute atomic E-state index is 0.0143. The molecule has 2 aromatic rings. The van der Waals surface area contributed by atoms with Crippen molar-refractivity contribution in [1.82, 2.24) is 19.5 Å². The number of fused-ring (bicyclic) bond motifs is 1. The van der Waals surface area contributed by atoms with Gasteiger partial charge in [-0.2, -0.15) is 15.2 Å². The van der Waals surface area contributed by atoms with Crippen molar-refractivity contribution in [3.05, 3.63) is 12.2 Å². The molecule has 0 spiro atoms. The standard InChI is InChI=1S/C17H23N6O8P/c1-17(2,3)31-15(25)16(32(26,27)28)29-6-8-4-9(24)14(30-8)23-7-20-11-12(19)21-10(5-18)22-13(11)23/h7-9,14,16,24H,4,6H2,1-3H3,(H2,19,21,22)(H2,26,27,28)/t8-,9+,14+,16-/m0/s1. The second kappa shape index (κ2) is 8.70. The van der Waals surface area contributed by atoms with Crippen LogP contribution in [0.2, 0.25) is 0 Å². The Bertz CT molecular complexity index is 1100. The fraction of sp³-hybridized carbons (Fsp3) is 0.588. The van der Waals surface area contributed by atoms with Gasteiger partial charge >= 0.3 is 13.6 Å². The molecule has 4 atom stereocenters. The highest BCUT2D eigenvalue weighted by molar-refractivity contribution is 7.53. The van der Waals surface area contributed by atoms with E-state index < -0.39 is 50.1 Å². The average Bonchev–Trinajstić information content (AvgIpc) is 3.22.